The van der Waals surface area contributed by atoms with Gasteiger partial charge in [0, 0.05) is 8.59 Å². The highest BCUT2D eigenvalue weighted by Gasteiger charge is 2.02. The molecule has 0 spiro atoms. The lowest BCUT2D eigenvalue weighted by Crippen LogP contribution is -1.89. The van der Waals surface area contributed by atoms with E-state index in [4.69, 9.17) is 16.9 Å². The molecule has 0 radical (unpaired) electrons. The van der Waals surface area contributed by atoms with Gasteiger partial charge in [0.15, 0.2) is 0 Å². The molecular formula is C9H7ClIN. The van der Waals surface area contributed by atoms with Crippen molar-refractivity contribution in [3.05, 3.63) is 31.9 Å². The molecule has 0 atom stereocenters. The number of aryl methyl sites for hydroxylation is 1. The topological polar surface area (TPSA) is 23.8 Å². The molecule has 1 aromatic rings. The molecule has 0 bridgehead atoms. The number of rotatable bonds is 1. The van der Waals surface area contributed by atoms with Crippen LogP contribution in [0.25, 0.3) is 0 Å². The van der Waals surface area contributed by atoms with Crippen molar-refractivity contribution in [3.63, 3.8) is 0 Å². The molecule has 1 rings (SSSR count). The van der Waals surface area contributed by atoms with Crippen molar-refractivity contribution in [1.82, 2.24) is 0 Å². The van der Waals surface area contributed by atoms with Crippen molar-refractivity contribution >= 4 is 34.2 Å². The van der Waals surface area contributed by atoms with Gasteiger partial charge in [-0.05, 0) is 46.7 Å². The Kier molecular flexibility index (Phi) is 3.36. The van der Waals surface area contributed by atoms with E-state index in [2.05, 4.69) is 28.7 Å². The molecule has 0 aromatic heterocycles. The zero-order valence-electron chi connectivity index (χ0n) is 6.56. The van der Waals surface area contributed by atoms with Crippen LogP contribution in [0.15, 0.2) is 12.1 Å². The summed E-state index contributed by atoms with van der Waals surface area (Å²) >= 11 is 8.09. The van der Waals surface area contributed by atoms with E-state index in [-0.39, 0.29) is 0 Å². The Labute approximate surface area is 90.5 Å². The van der Waals surface area contributed by atoms with Gasteiger partial charge in [0.2, 0.25) is 0 Å². The zero-order chi connectivity index (χ0) is 9.14. The first kappa shape index (κ1) is 9.82. The molecule has 0 aliphatic heterocycles. The molecule has 0 amide bonds. The number of benzene rings is 1. The minimum atomic E-state index is 0.455. The second kappa shape index (κ2) is 4.11. The summed E-state index contributed by atoms with van der Waals surface area (Å²) in [5.41, 5.74) is 2.09. The maximum absolute atomic E-state index is 8.52. The van der Waals surface area contributed by atoms with Crippen LogP contribution < -0.4 is 0 Å². The first-order chi connectivity index (χ1) is 5.65. The van der Waals surface area contributed by atoms with Crippen molar-refractivity contribution in [2.45, 2.75) is 13.3 Å². The molecule has 0 unspecified atom stereocenters. The molecule has 0 saturated heterocycles. The van der Waals surface area contributed by atoms with Crippen molar-refractivity contribution < 1.29 is 0 Å². The molecular weight excluding hydrogens is 284 g/mol. The van der Waals surface area contributed by atoms with E-state index in [1.165, 1.54) is 0 Å². The van der Waals surface area contributed by atoms with Crippen LogP contribution in [0.1, 0.15) is 11.1 Å². The molecule has 0 aliphatic rings. The van der Waals surface area contributed by atoms with Gasteiger partial charge in [0.05, 0.1) is 12.5 Å². The van der Waals surface area contributed by atoms with Gasteiger partial charge in [-0.3, -0.25) is 0 Å². The van der Waals surface area contributed by atoms with Crippen LogP contribution in [0, 0.1) is 21.8 Å². The van der Waals surface area contributed by atoms with Gasteiger partial charge in [-0.15, -0.1) is 0 Å². The lowest BCUT2D eigenvalue weighted by molar-refractivity contribution is 1.23. The van der Waals surface area contributed by atoms with Crippen LogP contribution in [0.4, 0.5) is 0 Å². The maximum atomic E-state index is 8.52. The van der Waals surface area contributed by atoms with Gasteiger partial charge < -0.3 is 0 Å². The summed E-state index contributed by atoms with van der Waals surface area (Å²) in [6.45, 7) is 1.94. The summed E-state index contributed by atoms with van der Waals surface area (Å²) in [6, 6.07) is 5.98. The van der Waals surface area contributed by atoms with Gasteiger partial charge in [-0.1, -0.05) is 17.7 Å². The summed E-state index contributed by atoms with van der Waals surface area (Å²) in [5, 5.41) is 9.28. The number of hydrogen-bond acceptors (Lipinski definition) is 1. The van der Waals surface area contributed by atoms with Crippen LogP contribution in [0.5, 0.6) is 0 Å². The van der Waals surface area contributed by atoms with Gasteiger partial charge >= 0.3 is 0 Å². The van der Waals surface area contributed by atoms with Gasteiger partial charge in [0.25, 0.3) is 0 Å². The minimum absolute atomic E-state index is 0.455. The largest absolute Gasteiger partial charge is 0.198 e. The summed E-state index contributed by atoms with van der Waals surface area (Å²) in [7, 11) is 0. The van der Waals surface area contributed by atoms with E-state index in [9.17, 15) is 0 Å². The number of hydrogen-bond donors (Lipinski definition) is 0. The predicted molar refractivity (Wildman–Crippen MR) is 58.2 cm³/mol. The molecule has 0 saturated carbocycles. The Bertz CT molecular complexity index is 341. The molecule has 12 heavy (non-hydrogen) atoms. The van der Waals surface area contributed by atoms with Crippen LogP contribution in [-0.4, -0.2) is 0 Å². The fourth-order valence-corrected chi connectivity index (χ4v) is 1.94. The second-order valence-corrected chi connectivity index (χ2v) is 4.10. The van der Waals surface area contributed by atoms with Crippen LogP contribution >= 0.6 is 34.2 Å². The van der Waals surface area contributed by atoms with E-state index < -0.39 is 0 Å². The molecule has 0 heterocycles. The molecule has 0 N–H and O–H groups in total. The van der Waals surface area contributed by atoms with Crippen LogP contribution in [0.2, 0.25) is 5.02 Å². The van der Waals surface area contributed by atoms with Crippen molar-refractivity contribution in [3.8, 4) is 6.07 Å². The maximum Gasteiger partial charge on any atom is 0.0670 e. The second-order valence-electron chi connectivity index (χ2n) is 2.53. The number of nitrogens with zero attached hydrogens (tertiary/aromatic N) is 1. The highest BCUT2D eigenvalue weighted by molar-refractivity contribution is 14.1. The van der Waals surface area contributed by atoms with E-state index in [1.807, 2.05) is 19.1 Å². The quantitative estimate of drug-likeness (QED) is 0.728. The Balaban J connectivity index is 3.16. The van der Waals surface area contributed by atoms with Crippen molar-refractivity contribution in [2.24, 2.45) is 0 Å². The summed E-state index contributed by atoms with van der Waals surface area (Å²) in [6.07, 6.45) is 0.455. The third-order valence-corrected chi connectivity index (χ3v) is 3.01. The normalized spacial score (nSPS) is 9.50. The highest BCUT2D eigenvalue weighted by Crippen LogP contribution is 2.22. The molecule has 62 valence electrons. The fraction of sp³-hybridized carbons (Fsp3) is 0.222. The zero-order valence-corrected chi connectivity index (χ0v) is 9.48. The molecule has 1 nitrogen and oxygen atoms in total. The molecule has 3 heteroatoms. The molecule has 1 aromatic carbocycles. The van der Waals surface area contributed by atoms with E-state index in [0.717, 1.165) is 19.7 Å². The average Bonchev–Trinajstić information content (AvgIpc) is 2.01. The first-order valence-corrected chi connectivity index (χ1v) is 4.92. The molecule has 0 fully saturated rings. The monoisotopic (exact) mass is 291 g/mol. The Morgan fingerprint density at radius 2 is 2.25 bits per heavy atom. The van der Waals surface area contributed by atoms with Gasteiger partial charge in [-0.25, -0.2) is 0 Å². The Hall–Kier alpha value is -0.270. The Morgan fingerprint density at radius 1 is 1.58 bits per heavy atom. The number of nitriles is 1. The SMILES string of the molecule is Cc1cc(CC#N)c(I)cc1Cl. The lowest BCUT2D eigenvalue weighted by atomic mass is 10.1. The Morgan fingerprint density at radius 3 is 2.83 bits per heavy atom. The fourth-order valence-electron chi connectivity index (χ4n) is 0.938. The molecule has 0 aliphatic carbocycles. The van der Waals surface area contributed by atoms with Crippen molar-refractivity contribution in [2.75, 3.05) is 0 Å². The summed E-state index contributed by atoms with van der Waals surface area (Å²) in [4.78, 5) is 0. The average molecular weight is 292 g/mol. The highest BCUT2D eigenvalue weighted by atomic mass is 127. The standard InChI is InChI=1S/C9H7ClIN/c1-6-4-7(2-3-12)9(11)5-8(6)10/h4-5H,2H2,1H3. The van der Waals surface area contributed by atoms with E-state index >= 15 is 0 Å². The third kappa shape index (κ3) is 2.11. The van der Waals surface area contributed by atoms with Gasteiger partial charge in [-0.2, -0.15) is 5.26 Å². The lowest BCUT2D eigenvalue weighted by Gasteiger charge is -2.03. The minimum Gasteiger partial charge on any atom is -0.198 e. The van der Waals surface area contributed by atoms with Crippen molar-refractivity contribution in [1.29, 1.82) is 5.26 Å². The summed E-state index contributed by atoms with van der Waals surface area (Å²) < 4.78 is 1.06. The van der Waals surface area contributed by atoms with Crippen LogP contribution in [-0.2, 0) is 6.42 Å². The summed E-state index contributed by atoms with van der Waals surface area (Å²) in [5.74, 6) is 0. The third-order valence-electron chi connectivity index (χ3n) is 1.60. The van der Waals surface area contributed by atoms with E-state index in [0.29, 0.717) is 6.42 Å². The van der Waals surface area contributed by atoms with Gasteiger partial charge in [0.1, 0.15) is 0 Å². The number of halogens is 2. The first-order valence-electron chi connectivity index (χ1n) is 3.46. The predicted octanol–water partition coefficient (Wildman–Crippen LogP) is 3.32. The van der Waals surface area contributed by atoms with E-state index in [1.54, 1.807) is 0 Å². The van der Waals surface area contributed by atoms with Crippen LogP contribution in [0.3, 0.4) is 0 Å². The smallest absolute Gasteiger partial charge is 0.0670 e.